The Bertz CT molecular complexity index is 1100. The summed E-state index contributed by atoms with van der Waals surface area (Å²) in [5, 5.41) is 2.72. The van der Waals surface area contributed by atoms with Crippen LogP contribution in [0.15, 0.2) is 77.0 Å². The Balaban J connectivity index is 1.68. The van der Waals surface area contributed by atoms with Crippen molar-refractivity contribution >= 4 is 61.8 Å². The first-order valence-corrected chi connectivity index (χ1v) is 11.7. The number of hydrogen-bond donors (Lipinski definition) is 0. The minimum absolute atomic E-state index is 0.0681. The predicted octanol–water partition coefficient (Wildman–Crippen LogP) is 6.33. The third-order valence-electron chi connectivity index (χ3n) is 4.20. The van der Waals surface area contributed by atoms with Crippen molar-refractivity contribution in [1.82, 2.24) is 4.98 Å². The van der Waals surface area contributed by atoms with E-state index in [1.54, 1.807) is 45.4 Å². The normalized spacial score (nSPS) is 11.3. The van der Waals surface area contributed by atoms with Crippen LogP contribution in [-0.2, 0) is 11.3 Å². The number of benzene rings is 2. The third kappa shape index (κ3) is 4.35. The van der Waals surface area contributed by atoms with Gasteiger partial charge in [-0.2, -0.15) is 0 Å². The molecule has 2 aromatic heterocycles. The maximum atomic E-state index is 13.0. The zero-order chi connectivity index (χ0) is 19.3. The number of hydrogen-bond acceptors (Lipinski definition) is 5. The monoisotopic (exact) mass is 422 g/mol. The van der Waals surface area contributed by atoms with Crippen molar-refractivity contribution in [3.8, 4) is 0 Å². The van der Waals surface area contributed by atoms with Crippen LogP contribution >= 0.6 is 34.4 Å². The van der Waals surface area contributed by atoms with Gasteiger partial charge >= 0.3 is 0 Å². The van der Waals surface area contributed by atoms with Gasteiger partial charge in [-0.25, -0.2) is 4.98 Å². The lowest BCUT2D eigenvalue weighted by molar-refractivity contribution is -0.114. The Morgan fingerprint density at radius 2 is 2.00 bits per heavy atom. The molecule has 0 N–H and O–H groups in total. The van der Waals surface area contributed by atoms with E-state index in [2.05, 4.69) is 18.4 Å². The van der Waals surface area contributed by atoms with Gasteiger partial charge in [0.15, 0.2) is 5.13 Å². The molecule has 28 heavy (non-hydrogen) atoms. The third-order valence-corrected chi connectivity index (χ3v) is 6.80. The molecule has 0 aliphatic rings. The van der Waals surface area contributed by atoms with E-state index in [1.807, 2.05) is 60.0 Å². The number of nitrogens with zero attached hydrogens (tertiary/aromatic N) is 2. The molecular formula is C22H18N2OS3. The molecule has 4 rings (SSSR count). The van der Waals surface area contributed by atoms with Crippen molar-refractivity contribution in [3.05, 3.63) is 82.6 Å². The molecule has 0 saturated heterocycles. The minimum atomic E-state index is -0.0681. The first-order chi connectivity index (χ1) is 13.7. The molecule has 4 aromatic rings. The van der Waals surface area contributed by atoms with Crippen LogP contribution in [0, 0.1) is 0 Å². The average Bonchev–Trinajstić information content (AvgIpc) is 3.39. The molecular weight excluding hydrogens is 404 g/mol. The first-order valence-electron chi connectivity index (χ1n) is 8.74. The fraction of sp³-hybridized carbons (Fsp3) is 0.0909. The molecule has 0 atom stereocenters. The molecule has 2 heterocycles. The molecule has 0 radical (unpaired) electrons. The lowest BCUT2D eigenvalue weighted by Gasteiger charge is -2.18. The number of carbonyl (C=O) groups is 1. The van der Waals surface area contributed by atoms with Crippen LogP contribution in [0.25, 0.3) is 16.3 Å². The lowest BCUT2D eigenvalue weighted by atomic mass is 10.2. The molecule has 0 saturated carbocycles. The summed E-state index contributed by atoms with van der Waals surface area (Å²) in [5.41, 5.74) is 2.00. The molecule has 0 spiro atoms. The van der Waals surface area contributed by atoms with Crippen LogP contribution < -0.4 is 4.90 Å². The summed E-state index contributed by atoms with van der Waals surface area (Å²) in [6.07, 6.45) is 5.56. The van der Waals surface area contributed by atoms with E-state index in [9.17, 15) is 4.79 Å². The predicted molar refractivity (Wildman–Crippen MR) is 122 cm³/mol. The minimum Gasteiger partial charge on any atom is -0.280 e. The van der Waals surface area contributed by atoms with E-state index < -0.39 is 0 Å². The van der Waals surface area contributed by atoms with E-state index in [-0.39, 0.29) is 5.91 Å². The number of anilines is 1. The van der Waals surface area contributed by atoms with Gasteiger partial charge in [-0.1, -0.05) is 47.7 Å². The maximum Gasteiger partial charge on any atom is 0.253 e. The van der Waals surface area contributed by atoms with Gasteiger partial charge in [0, 0.05) is 15.8 Å². The quantitative estimate of drug-likeness (QED) is 0.269. The fourth-order valence-corrected chi connectivity index (χ4v) is 4.91. The Kier molecular flexibility index (Phi) is 5.90. The van der Waals surface area contributed by atoms with Gasteiger partial charge < -0.3 is 0 Å². The average molecular weight is 423 g/mol. The van der Waals surface area contributed by atoms with E-state index in [1.165, 1.54) is 4.90 Å². The molecule has 6 heteroatoms. The smallest absolute Gasteiger partial charge is 0.253 e. The summed E-state index contributed by atoms with van der Waals surface area (Å²) >= 11 is 4.87. The van der Waals surface area contributed by atoms with Gasteiger partial charge in [0.25, 0.3) is 5.91 Å². The van der Waals surface area contributed by atoms with E-state index in [0.717, 1.165) is 25.8 Å². The second-order valence-electron chi connectivity index (χ2n) is 6.09. The van der Waals surface area contributed by atoms with Gasteiger partial charge in [-0.3, -0.25) is 9.69 Å². The summed E-state index contributed by atoms with van der Waals surface area (Å²) in [5.74, 6) is -0.0681. The highest BCUT2D eigenvalue weighted by molar-refractivity contribution is 7.98. The standard InChI is InChI=1S/C22H18N2OS3/c1-26-18-9-11-19-20(14-18)28-22(23-19)24(15-16-6-3-2-4-7-16)21(25)12-10-17-8-5-13-27-17/h2-14H,15H2,1H3/b12-10+. The van der Waals surface area contributed by atoms with Crippen LogP contribution in [0.4, 0.5) is 5.13 Å². The van der Waals surface area contributed by atoms with Crippen LogP contribution in [0.5, 0.6) is 0 Å². The number of fused-ring (bicyclic) bond motifs is 1. The van der Waals surface area contributed by atoms with Crippen molar-refractivity contribution in [3.63, 3.8) is 0 Å². The molecule has 3 nitrogen and oxygen atoms in total. The molecule has 0 bridgehead atoms. The van der Waals surface area contributed by atoms with Gasteiger partial charge in [0.05, 0.1) is 16.8 Å². The van der Waals surface area contributed by atoms with Crippen LogP contribution in [-0.4, -0.2) is 17.1 Å². The summed E-state index contributed by atoms with van der Waals surface area (Å²) in [6.45, 7) is 0.490. The molecule has 1 amide bonds. The molecule has 140 valence electrons. The summed E-state index contributed by atoms with van der Waals surface area (Å²) < 4.78 is 1.09. The van der Waals surface area contributed by atoms with Gasteiger partial charge in [0.2, 0.25) is 0 Å². The van der Waals surface area contributed by atoms with E-state index >= 15 is 0 Å². The molecule has 0 unspecified atom stereocenters. The maximum absolute atomic E-state index is 13.0. The molecule has 2 aromatic carbocycles. The highest BCUT2D eigenvalue weighted by atomic mass is 32.2. The zero-order valence-corrected chi connectivity index (χ0v) is 17.7. The second-order valence-corrected chi connectivity index (χ2v) is 8.96. The van der Waals surface area contributed by atoms with Gasteiger partial charge in [0.1, 0.15) is 0 Å². The van der Waals surface area contributed by atoms with Crippen LogP contribution in [0.2, 0.25) is 0 Å². The fourth-order valence-electron chi connectivity index (χ4n) is 2.77. The number of aromatic nitrogens is 1. The van der Waals surface area contributed by atoms with Crippen LogP contribution in [0.1, 0.15) is 10.4 Å². The summed E-state index contributed by atoms with van der Waals surface area (Å²) in [4.78, 5) is 21.8. The van der Waals surface area contributed by atoms with Crippen molar-refractivity contribution in [1.29, 1.82) is 0 Å². The Morgan fingerprint density at radius 3 is 2.75 bits per heavy atom. The lowest BCUT2D eigenvalue weighted by Crippen LogP contribution is -2.28. The topological polar surface area (TPSA) is 33.2 Å². The summed E-state index contributed by atoms with van der Waals surface area (Å²) in [7, 11) is 0. The van der Waals surface area contributed by atoms with E-state index in [4.69, 9.17) is 4.98 Å². The molecule has 0 aliphatic heterocycles. The number of thiophene rings is 1. The van der Waals surface area contributed by atoms with Crippen molar-refractivity contribution in [2.45, 2.75) is 11.4 Å². The van der Waals surface area contributed by atoms with Crippen LogP contribution in [0.3, 0.4) is 0 Å². The second kappa shape index (κ2) is 8.73. The highest BCUT2D eigenvalue weighted by Gasteiger charge is 2.18. The zero-order valence-electron chi connectivity index (χ0n) is 15.2. The first kappa shape index (κ1) is 18.9. The number of carbonyl (C=O) groups excluding carboxylic acids is 1. The molecule has 0 aliphatic carbocycles. The summed E-state index contributed by atoms with van der Waals surface area (Å²) in [6, 6.07) is 20.2. The largest absolute Gasteiger partial charge is 0.280 e. The van der Waals surface area contributed by atoms with Gasteiger partial charge in [-0.15, -0.1) is 23.1 Å². The number of rotatable bonds is 6. The SMILES string of the molecule is CSc1ccc2nc(N(Cc3ccccc3)C(=O)/C=C/c3cccs3)sc2c1. The number of thiazole rings is 1. The van der Waals surface area contributed by atoms with Crippen molar-refractivity contribution in [2.24, 2.45) is 0 Å². The van der Waals surface area contributed by atoms with E-state index in [0.29, 0.717) is 6.54 Å². The Morgan fingerprint density at radius 1 is 1.14 bits per heavy atom. The van der Waals surface area contributed by atoms with Crippen molar-refractivity contribution < 1.29 is 4.79 Å². The molecule has 0 fully saturated rings. The van der Waals surface area contributed by atoms with Crippen molar-refractivity contribution in [2.75, 3.05) is 11.2 Å². The van der Waals surface area contributed by atoms with Gasteiger partial charge in [-0.05, 0) is 47.5 Å². The highest BCUT2D eigenvalue weighted by Crippen LogP contribution is 2.32. The Hall–Kier alpha value is -2.41. The number of thioether (sulfide) groups is 1. The number of amides is 1. The Labute approximate surface area is 176 Å².